The van der Waals surface area contributed by atoms with Crippen molar-refractivity contribution in [2.75, 3.05) is 26.7 Å². The van der Waals surface area contributed by atoms with Crippen LogP contribution in [0.3, 0.4) is 0 Å². The van der Waals surface area contributed by atoms with Gasteiger partial charge in [0.25, 0.3) is 0 Å². The van der Waals surface area contributed by atoms with Gasteiger partial charge >= 0.3 is 6.18 Å². The molecule has 2 rings (SSSR count). The molecular formula is C15H21F3N2O. The van der Waals surface area contributed by atoms with Crippen LogP contribution in [0.15, 0.2) is 24.3 Å². The molecule has 1 atom stereocenters. The highest BCUT2D eigenvalue weighted by Crippen LogP contribution is 2.29. The fourth-order valence-electron chi connectivity index (χ4n) is 2.20. The van der Waals surface area contributed by atoms with Gasteiger partial charge in [0.1, 0.15) is 0 Å². The molecule has 0 radical (unpaired) electrons. The van der Waals surface area contributed by atoms with Crippen LogP contribution in [-0.2, 0) is 6.18 Å². The zero-order valence-electron chi connectivity index (χ0n) is 12.0. The van der Waals surface area contributed by atoms with Gasteiger partial charge in [-0.1, -0.05) is 12.1 Å². The van der Waals surface area contributed by atoms with E-state index < -0.39 is 17.8 Å². The number of alkyl halides is 3. The van der Waals surface area contributed by atoms with E-state index in [9.17, 15) is 18.3 Å². The summed E-state index contributed by atoms with van der Waals surface area (Å²) < 4.78 is 37.3. The van der Waals surface area contributed by atoms with Gasteiger partial charge in [0.15, 0.2) is 0 Å². The van der Waals surface area contributed by atoms with Crippen LogP contribution < -0.4 is 5.32 Å². The van der Waals surface area contributed by atoms with Crippen LogP contribution in [0.2, 0.25) is 0 Å². The molecule has 1 fully saturated rings. The zero-order valence-corrected chi connectivity index (χ0v) is 12.0. The molecule has 0 aromatic heterocycles. The van der Waals surface area contributed by atoms with E-state index in [-0.39, 0.29) is 0 Å². The smallest absolute Gasteiger partial charge is 0.387 e. The standard InChI is InChI=1S/C15H21F3N2O/c1-20(13-6-7-13)9-8-19-10-14(21)11-2-4-12(5-3-11)15(16,17)18/h2-5,13-14,19,21H,6-10H2,1H3. The maximum absolute atomic E-state index is 12.4. The summed E-state index contributed by atoms with van der Waals surface area (Å²) in [6.45, 7) is 2.00. The largest absolute Gasteiger partial charge is 0.416 e. The first kappa shape index (κ1) is 16.3. The zero-order chi connectivity index (χ0) is 15.5. The number of aliphatic hydroxyl groups excluding tert-OH is 1. The third kappa shape index (κ3) is 4.98. The maximum Gasteiger partial charge on any atom is 0.416 e. The Morgan fingerprint density at radius 2 is 1.90 bits per heavy atom. The van der Waals surface area contributed by atoms with Crippen LogP contribution in [-0.4, -0.2) is 42.7 Å². The molecule has 0 aliphatic heterocycles. The number of hydrogen-bond acceptors (Lipinski definition) is 3. The normalized spacial score (nSPS) is 17.2. The minimum atomic E-state index is -4.34. The van der Waals surface area contributed by atoms with E-state index >= 15 is 0 Å². The lowest BCUT2D eigenvalue weighted by atomic mass is 10.1. The van der Waals surface area contributed by atoms with Crippen molar-refractivity contribution >= 4 is 0 Å². The minimum absolute atomic E-state index is 0.337. The second kappa shape index (κ2) is 6.77. The summed E-state index contributed by atoms with van der Waals surface area (Å²) in [6.07, 6.45) is -2.62. The van der Waals surface area contributed by atoms with Gasteiger partial charge in [-0.05, 0) is 37.6 Å². The van der Waals surface area contributed by atoms with E-state index in [0.717, 1.165) is 25.2 Å². The fraction of sp³-hybridized carbons (Fsp3) is 0.600. The summed E-state index contributed by atoms with van der Waals surface area (Å²) in [7, 11) is 2.08. The fourth-order valence-corrected chi connectivity index (χ4v) is 2.20. The molecular weight excluding hydrogens is 281 g/mol. The lowest BCUT2D eigenvalue weighted by Gasteiger charge is -2.17. The number of likely N-dealkylation sites (N-methyl/N-ethyl adjacent to an activating group) is 1. The number of benzene rings is 1. The summed E-state index contributed by atoms with van der Waals surface area (Å²) in [5.41, 5.74) is -0.205. The molecule has 0 heterocycles. The van der Waals surface area contributed by atoms with E-state index in [4.69, 9.17) is 0 Å². The van der Waals surface area contributed by atoms with Gasteiger partial charge < -0.3 is 15.3 Å². The second-order valence-corrected chi connectivity index (χ2v) is 5.55. The highest BCUT2D eigenvalue weighted by molar-refractivity contribution is 5.26. The summed E-state index contributed by atoms with van der Waals surface area (Å²) >= 11 is 0. The first-order valence-electron chi connectivity index (χ1n) is 7.14. The summed E-state index contributed by atoms with van der Waals surface area (Å²) in [4.78, 5) is 2.28. The van der Waals surface area contributed by atoms with Crippen LogP contribution in [0.4, 0.5) is 13.2 Å². The van der Waals surface area contributed by atoms with Crippen molar-refractivity contribution in [1.29, 1.82) is 0 Å². The van der Waals surface area contributed by atoms with Crippen LogP contribution in [0.5, 0.6) is 0 Å². The molecule has 1 saturated carbocycles. The van der Waals surface area contributed by atoms with Crippen molar-refractivity contribution in [2.24, 2.45) is 0 Å². The minimum Gasteiger partial charge on any atom is -0.387 e. The first-order valence-corrected chi connectivity index (χ1v) is 7.14. The molecule has 3 nitrogen and oxygen atoms in total. The lowest BCUT2D eigenvalue weighted by Crippen LogP contribution is -2.32. The number of nitrogens with zero attached hydrogens (tertiary/aromatic N) is 1. The Morgan fingerprint density at radius 3 is 2.43 bits per heavy atom. The number of nitrogens with one attached hydrogen (secondary N) is 1. The van der Waals surface area contributed by atoms with Crippen molar-refractivity contribution in [3.8, 4) is 0 Å². The molecule has 1 aromatic carbocycles. The maximum atomic E-state index is 12.4. The van der Waals surface area contributed by atoms with Gasteiger partial charge in [0.2, 0.25) is 0 Å². The first-order chi connectivity index (χ1) is 9.88. The van der Waals surface area contributed by atoms with Gasteiger partial charge in [-0.3, -0.25) is 0 Å². The molecule has 118 valence electrons. The predicted molar refractivity (Wildman–Crippen MR) is 74.9 cm³/mol. The predicted octanol–water partition coefficient (Wildman–Crippen LogP) is 2.42. The van der Waals surface area contributed by atoms with Crippen LogP contribution in [0, 0.1) is 0 Å². The van der Waals surface area contributed by atoms with Crippen molar-refractivity contribution in [2.45, 2.75) is 31.2 Å². The summed E-state index contributed by atoms with van der Waals surface area (Å²) in [5.74, 6) is 0. The van der Waals surface area contributed by atoms with Gasteiger partial charge in [-0.15, -0.1) is 0 Å². The van der Waals surface area contributed by atoms with Crippen LogP contribution in [0.25, 0.3) is 0 Å². The average Bonchev–Trinajstić information content (AvgIpc) is 3.27. The molecule has 1 aliphatic carbocycles. The van der Waals surface area contributed by atoms with Gasteiger partial charge in [0, 0.05) is 25.7 Å². The molecule has 21 heavy (non-hydrogen) atoms. The molecule has 2 N–H and O–H groups in total. The number of halogens is 3. The highest BCUT2D eigenvalue weighted by Gasteiger charge is 2.30. The van der Waals surface area contributed by atoms with Gasteiger partial charge in [0.05, 0.1) is 11.7 Å². The SMILES string of the molecule is CN(CCNCC(O)c1ccc(C(F)(F)F)cc1)C1CC1. The molecule has 1 aromatic rings. The van der Waals surface area contributed by atoms with E-state index in [1.165, 1.54) is 25.0 Å². The molecule has 6 heteroatoms. The Balaban J connectivity index is 1.73. The third-order valence-corrected chi connectivity index (χ3v) is 3.77. The molecule has 0 spiro atoms. The third-order valence-electron chi connectivity index (χ3n) is 3.77. The molecule has 1 unspecified atom stereocenters. The monoisotopic (exact) mass is 302 g/mol. The molecule has 0 amide bonds. The Bertz CT molecular complexity index is 443. The Labute approximate surface area is 122 Å². The summed E-state index contributed by atoms with van der Waals surface area (Å²) in [6, 6.07) is 5.35. The number of rotatable bonds is 7. The Morgan fingerprint density at radius 1 is 1.29 bits per heavy atom. The van der Waals surface area contributed by atoms with Crippen LogP contribution in [0.1, 0.15) is 30.1 Å². The van der Waals surface area contributed by atoms with E-state index in [1.807, 2.05) is 0 Å². The van der Waals surface area contributed by atoms with Crippen molar-refractivity contribution in [3.05, 3.63) is 35.4 Å². The lowest BCUT2D eigenvalue weighted by molar-refractivity contribution is -0.137. The Kier molecular flexibility index (Phi) is 5.24. The van der Waals surface area contributed by atoms with Crippen molar-refractivity contribution in [1.82, 2.24) is 10.2 Å². The van der Waals surface area contributed by atoms with E-state index in [0.29, 0.717) is 18.2 Å². The number of hydrogen-bond donors (Lipinski definition) is 2. The summed E-state index contributed by atoms with van der Waals surface area (Å²) in [5, 5.41) is 13.1. The average molecular weight is 302 g/mol. The van der Waals surface area contributed by atoms with Crippen LogP contribution >= 0.6 is 0 Å². The Hall–Kier alpha value is -1.11. The van der Waals surface area contributed by atoms with E-state index in [1.54, 1.807) is 0 Å². The molecule has 0 bridgehead atoms. The molecule has 0 saturated heterocycles. The number of aliphatic hydroxyl groups is 1. The second-order valence-electron chi connectivity index (χ2n) is 5.55. The quantitative estimate of drug-likeness (QED) is 0.759. The van der Waals surface area contributed by atoms with Gasteiger partial charge in [-0.25, -0.2) is 0 Å². The topological polar surface area (TPSA) is 35.5 Å². The van der Waals surface area contributed by atoms with Crippen molar-refractivity contribution < 1.29 is 18.3 Å². The molecule has 1 aliphatic rings. The van der Waals surface area contributed by atoms with Gasteiger partial charge in [-0.2, -0.15) is 13.2 Å². The van der Waals surface area contributed by atoms with Crippen molar-refractivity contribution in [3.63, 3.8) is 0 Å². The van der Waals surface area contributed by atoms with E-state index in [2.05, 4.69) is 17.3 Å². The highest BCUT2D eigenvalue weighted by atomic mass is 19.4.